The summed E-state index contributed by atoms with van der Waals surface area (Å²) in [6, 6.07) is 8.47. The van der Waals surface area contributed by atoms with Gasteiger partial charge < -0.3 is 20.0 Å². The predicted octanol–water partition coefficient (Wildman–Crippen LogP) is 4.09. The van der Waals surface area contributed by atoms with Crippen molar-refractivity contribution in [1.29, 1.82) is 0 Å². The number of guanidine groups is 1. The van der Waals surface area contributed by atoms with Gasteiger partial charge in [-0.25, -0.2) is 4.98 Å². The highest BCUT2D eigenvalue weighted by molar-refractivity contribution is 14.0. The van der Waals surface area contributed by atoms with E-state index < -0.39 is 0 Å². The Morgan fingerprint density at radius 1 is 1.21 bits per heavy atom. The van der Waals surface area contributed by atoms with Crippen LogP contribution in [-0.2, 0) is 12.0 Å². The first-order chi connectivity index (χ1) is 12.8. The third-order valence-electron chi connectivity index (χ3n) is 4.44. The molecular formula is C21H34IN5O. The minimum atomic E-state index is -0.0373. The van der Waals surface area contributed by atoms with Gasteiger partial charge in [-0.2, -0.15) is 0 Å². The number of nitrogens with one attached hydrogen (secondary N) is 2. The van der Waals surface area contributed by atoms with Crippen LogP contribution in [-0.4, -0.2) is 37.6 Å². The molecule has 7 heteroatoms. The van der Waals surface area contributed by atoms with E-state index in [9.17, 15) is 0 Å². The summed E-state index contributed by atoms with van der Waals surface area (Å²) < 4.78 is 5.81. The van der Waals surface area contributed by atoms with Crippen LogP contribution in [0.5, 0.6) is 0 Å². The fraction of sp³-hybridized carbons (Fsp3) is 0.524. The molecule has 0 atom stereocenters. The van der Waals surface area contributed by atoms with Crippen molar-refractivity contribution in [2.45, 2.75) is 46.6 Å². The van der Waals surface area contributed by atoms with Gasteiger partial charge in [0.25, 0.3) is 0 Å². The van der Waals surface area contributed by atoms with E-state index in [1.807, 2.05) is 0 Å². The molecule has 0 amide bonds. The van der Waals surface area contributed by atoms with Gasteiger partial charge in [-0.3, -0.25) is 4.99 Å². The molecular weight excluding hydrogens is 465 g/mol. The van der Waals surface area contributed by atoms with Crippen LogP contribution >= 0.6 is 24.0 Å². The van der Waals surface area contributed by atoms with Crippen molar-refractivity contribution < 1.29 is 4.42 Å². The van der Waals surface area contributed by atoms with Gasteiger partial charge in [0.05, 0.1) is 12.7 Å². The van der Waals surface area contributed by atoms with Crippen molar-refractivity contribution in [2.75, 3.05) is 31.6 Å². The molecule has 6 nitrogen and oxygen atoms in total. The maximum atomic E-state index is 5.81. The van der Waals surface area contributed by atoms with E-state index >= 15 is 0 Å². The Hall–Kier alpha value is -1.77. The lowest BCUT2D eigenvalue weighted by atomic mass is 9.94. The van der Waals surface area contributed by atoms with Crippen molar-refractivity contribution in [3.8, 4) is 0 Å². The molecule has 0 unspecified atom stereocenters. The van der Waals surface area contributed by atoms with Crippen molar-refractivity contribution in [3.05, 3.63) is 47.7 Å². The largest absolute Gasteiger partial charge is 0.443 e. The maximum Gasteiger partial charge on any atom is 0.213 e. The quantitative estimate of drug-likeness (QED) is 0.342. The Kier molecular flexibility index (Phi) is 9.78. The van der Waals surface area contributed by atoms with Gasteiger partial charge in [-0.15, -0.1) is 24.0 Å². The third-order valence-corrected chi connectivity index (χ3v) is 4.44. The minimum Gasteiger partial charge on any atom is -0.443 e. The smallest absolute Gasteiger partial charge is 0.213 e. The number of aromatic nitrogens is 1. The van der Waals surface area contributed by atoms with E-state index in [1.165, 1.54) is 11.3 Å². The number of hydrogen-bond donors (Lipinski definition) is 2. The molecule has 0 fully saturated rings. The fourth-order valence-corrected chi connectivity index (χ4v) is 2.80. The fourth-order valence-electron chi connectivity index (χ4n) is 2.80. The number of nitrogens with zero attached hydrogens (tertiary/aromatic N) is 3. The number of benzene rings is 1. The molecule has 1 heterocycles. The molecule has 0 aliphatic carbocycles. The third kappa shape index (κ3) is 7.00. The summed E-state index contributed by atoms with van der Waals surface area (Å²) in [6.45, 7) is 13.8. The number of likely N-dealkylation sites (N-methyl/N-ethyl adjacent to an activating group) is 1. The van der Waals surface area contributed by atoms with Crippen LogP contribution in [0.4, 0.5) is 5.69 Å². The van der Waals surface area contributed by atoms with Crippen LogP contribution in [0.15, 0.2) is 39.9 Å². The van der Waals surface area contributed by atoms with E-state index in [0.717, 1.165) is 31.4 Å². The second kappa shape index (κ2) is 11.3. The molecule has 1 aromatic carbocycles. The molecule has 2 aromatic rings. The van der Waals surface area contributed by atoms with E-state index in [0.29, 0.717) is 12.4 Å². The molecule has 0 saturated heterocycles. The van der Waals surface area contributed by atoms with Crippen molar-refractivity contribution in [2.24, 2.45) is 4.99 Å². The Labute approximate surface area is 186 Å². The molecule has 1 aromatic heterocycles. The number of anilines is 1. The van der Waals surface area contributed by atoms with Crippen LogP contribution in [0.1, 0.15) is 44.9 Å². The summed E-state index contributed by atoms with van der Waals surface area (Å²) in [5.74, 6) is 2.29. The lowest BCUT2D eigenvalue weighted by Gasteiger charge is -2.25. The Morgan fingerprint density at radius 3 is 2.50 bits per heavy atom. The van der Waals surface area contributed by atoms with Gasteiger partial charge in [0.1, 0.15) is 5.76 Å². The van der Waals surface area contributed by atoms with Gasteiger partial charge >= 0.3 is 0 Å². The molecule has 0 aliphatic heterocycles. The summed E-state index contributed by atoms with van der Waals surface area (Å²) in [5, 5.41) is 6.62. The average Bonchev–Trinajstić information content (AvgIpc) is 3.12. The molecule has 0 bridgehead atoms. The minimum absolute atomic E-state index is 0. The number of halogens is 1. The van der Waals surface area contributed by atoms with Crippen LogP contribution < -0.4 is 15.5 Å². The SMILES string of the molecule is CCN(CCNC(=NC)NCc1ncc(C(C)(C)C)o1)c1ccccc1C.I. The second-order valence-electron chi connectivity index (χ2n) is 7.59. The van der Waals surface area contributed by atoms with Crippen LogP contribution in [0.25, 0.3) is 0 Å². The number of rotatable bonds is 7. The maximum absolute atomic E-state index is 5.81. The first kappa shape index (κ1) is 24.3. The lowest BCUT2D eigenvalue weighted by molar-refractivity contribution is 0.379. The molecule has 0 radical (unpaired) electrons. The van der Waals surface area contributed by atoms with E-state index in [4.69, 9.17) is 4.42 Å². The highest BCUT2D eigenvalue weighted by Gasteiger charge is 2.19. The number of hydrogen-bond acceptors (Lipinski definition) is 4. The number of oxazole rings is 1. The van der Waals surface area contributed by atoms with Crippen LogP contribution in [0.2, 0.25) is 0 Å². The topological polar surface area (TPSA) is 65.7 Å². The van der Waals surface area contributed by atoms with E-state index in [2.05, 4.69) is 84.4 Å². The summed E-state index contributed by atoms with van der Waals surface area (Å²) >= 11 is 0. The Morgan fingerprint density at radius 2 is 1.93 bits per heavy atom. The zero-order chi connectivity index (χ0) is 19.9. The lowest BCUT2D eigenvalue weighted by Crippen LogP contribution is -2.41. The normalized spacial score (nSPS) is 11.7. The first-order valence-corrected chi connectivity index (χ1v) is 9.55. The van der Waals surface area contributed by atoms with Crippen LogP contribution in [0, 0.1) is 6.92 Å². The molecule has 28 heavy (non-hydrogen) atoms. The summed E-state index contributed by atoms with van der Waals surface area (Å²) in [5.41, 5.74) is 2.53. The molecule has 0 aliphatic rings. The highest BCUT2D eigenvalue weighted by atomic mass is 127. The Bertz CT molecular complexity index is 751. The summed E-state index contributed by atoms with van der Waals surface area (Å²) in [7, 11) is 1.77. The van der Waals surface area contributed by atoms with E-state index in [-0.39, 0.29) is 29.4 Å². The van der Waals surface area contributed by atoms with Gasteiger partial charge in [0.15, 0.2) is 5.96 Å². The number of aliphatic imine (C=N–C) groups is 1. The molecule has 0 saturated carbocycles. The summed E-state index contributed by atoms with van der Waals surface area (Å²) in [6.07, 6.45) is 1.80. The van der Waals surface area contributed by atoms with Gasteiger partial charge in [-0.1, -0.05) is 39.0 Å². The highest BCUT2D eigenvalue weighted by Crippen LogP contribution is 2.22. The van der Waals surface area contributed by atoms with E-state index in [1.54, 1.807) is 13.2 Å². The molecule has 2 N–H and O–H groups in total. The van der Waals surface area contributed by atoms with Crippen LogP contribution in [0.3, 0.4) is 0 Å². The van der Waals surface area contributed by atoms with Crippen molar-refractivity contribution in [1.82, 2.24) is 15.6 Å². The standard InChI is InChI=1S/C21H33N5O.HI/c1-7-26(17-11-9-8-10-16(17)2)13-12-23-20(22-6)25-15-19-24-14-18(27-19)21(3,4)5;/h8-11,14H,7,12-13,15H2,1-6H3,(H2,22,23,25);1H. The molecule has 0 spiro atoms. The first-order valence-electron chi connectivity index (χ1n) is 9.55. The Balaban J connectivity index is 0.00000392. The number of aryl methyl sites for hydroxylation is 1. The predicted molar refractivity (Wildman–Crippen MR) is 128 cm³/mol. The average molecular weight is 499 g/mol. The number of para-hydroxylation sites is 1. The monoisotopic (exact) mass is 499 g/mol. The van der Waals surface area contributed by atoms with Gasteiger partial charge in [0.2, 0.25) is 5.89 Å². The second-order valence-corrected chi connectivity index (χ2v) is 7.59. The van der Waals surface area contributed by atoms with Crippen molar-refractivity contribution in [3.63, 3.8) is 0 Å². The zero-order valence-corrected chi connectivity index (χ0v) is 20.2. The van der Waals surface area contributed by atoms with Gasteiger partial charge in [0, 0.05) is 37.8 Å². The van der Waals surface area contributed by atoms with Crippen molar-refractivity contribution >= 4 is 35.6 Å². The molecule has 2 rings (SSSR count). The zero-order valence-electron chi connectivity index (χ0n) is 17.9. The van der Waals surface area contributed by atoms with Gasteiger partial charge in [-0.05, 0) is 25.5 Å². The molecule has 156 valence electrons. The summed E-state index contributed by atoms with van der Waals surface area (Å²) in [4.78, 5) is 11.0.